The predicted molar refractivity (Wildman–Crippen MR) is 57.8 cm³/mol. The molecule has 0 aromatic heterocycles. The Kier molecular flexibility index (Phi) is 3.69. The molecule has 1 heterocycles. The molecule has 14 heavy (non-hydrogen) atoms. The zero-order chi connectivity index (χ0) is 10.7. The van der Waals surface area contributed by atoms with Crippen LogP contribution < -0.4 is 5.73 Å². The van der Waals surface area contributed by atoms with Crippen molar-refractivity contribution in [2.24, 2.45) is 11.7 Å². The number of hydrogen-bond donors (Lipinski definition) is 1. The lowest BCUT2D eigenvalue weighted by Crippen LogP contribution is -2.32. The number of nitrogens with two attached hydrogens (primary N) is 1. The van der Waals surface area contributed by atoms with Gasteiger partial charge in [0.15, 0.2) is 0 Å². The Morgan fingerprint density at radius 3 is 2.64 bits per heavy atom. The van der Waals surface area contributed by atoms with Crippen LogP contribution in [0.1, 0.15) is 27.2 Å². The number of carbonyl (C=O) groups excluding carboxylic acids is 1. The van der Waals surface area contributed by atoms with Crippen molar-refractivity contribution in [3.05, 3.63) is 11.6 Å². The zero-order valence-electron chi connectivity index (χ0n) is 9.29. The second-order valence-electron chi connectivity index (χ2n) is 4.15. The summed E-state index contributed by atoms with van der Waals surface area (Å²) >= 11 is 0. The topological polar surface area (TPSA) is 46.3 Å². The van der Waals surface area contributed by atoms with Gasteiger partial charge in [0, 0.05) is 24.7 Å². The van der Waals surface area contributed by atoms with E-state index in [2.05, 4.69) is 6.92 Å². The number of carbonyl (C=O) groups is 1. The van der Waals surface area contributed by atoms with Gasteiger partial charge in [-0.25, -0.2) is 0 Å². The molecule has 1 amide bonds. The van der Waals surface area contributed by atoms with Crippen LogP contribution in [-0.4, -0.2) is 29.9 Å². The Hall–Kier alpha value is -0.830. The molecule has 80 valence electrons. The van der Waals surface area contributed by atoms with Crippen LogP contribution in [-0.2, 0) is 4.79 Å². The minimum atomic E-state index is 0.145. The quantitative estimate of drug-likeness (QED) is 0.673. The maximum atomic E-state index is 11.8. The third-order valence-electron chi connectivity index (χ3n) is 2.81. The Morgan fingerprint density at radius 1 is 1.57 bits per heavy atom. The average Bonchev–Trinajstić information content (AvgIpc) is 2.46. The highest BCUT2D eigenvalue weighted by Crippen LogP contribution is 2.16. The molecule has 0 aliphatic carbocycles. The smallest absolute Gasteiger partial charge is 0.249 e. The van der Waals surface area contributed by atoms with E-state index in [1.54, 1.807) is 0 Å². The molecule has 3 heteroatoms. The van der Waals surface area contributed by atoms with Gasteiger partial charge in [-0.1, -0.05) is 19.9 Å². The number of rotatable bonds is 2. The Bertz CT molecular complexity index is 238. The Balaban J connectivity index is 2.59. The van der Waals surface area contributed by atoms with E-state index in [0.717, 1.165) is 18.5 Å². The molecule has 2 atom stereocenters. The molecule has 0 spiro atoms. The van der Waals surface area contributed by atoms with Gasteiger partial charge in [0.25, 0.3) is 0 Å². The Labute approximate surface area is 86.0 Å². The maximum absolute atomic E-state index is 11.8. The summed E-state index contributed by atoms with van der Waals surface area (Å²) in [4.78, 5) is 13.7. The molecule has 2 unspecified atom stereocenters. The summed E-state index contributed by atoms with van der Waals surface area (Å²) in [5.74, 6) is 0.569. The molecular weight excluding hydrogens is 176 g/mol. The molecule has 2 N–H and O–H groups in total. The van der Waals surface area contributed by atoms with Crippen LogP contribution in [0.25, 0.3) is 0 Å². The lowest BCUT2D eigenvalue weighted by atomic mass is 10.1. The van der Waals surface area contributed by atoms with Crippen LogP contribution in [0, 0.1) is 5.92 Å². The number of amides is 1. The second kappa shape index (κ2) is 4.60. The van der Waals surface area contributed by atoms with Crippen LogP contribution in [0.5, 0.6) is 0 Å². The molecule has 1 fully saturated rings. The van der Waals surface area contributed by atoms with Crippen molar-refractivity contribution in [3.8, 4) is 0 Å². The molecule has 0 aromatic carbocycles. The molecule has 1 saturated heterocycles. The van der Waals surface area contributed by atoms with E-state index in [4.69, 9.17) is 5.73 Å². The highest BCUT2D eigenvalue weighted by Gasteiger charge is 2.29. The van der Waals surface area contributed by atoms with Gasteiger partial charge in [0.2, 0.25) is 5.91 Å². The maximum Gasteiger partial charge on any atom is 0.249 e. The monoisotopic (exact) mass is 196 g/mol. The van der Waals surface area contributed by atoms with Crippen molar-refractivity contribution in [3.63, 3.8) is 0 Å². The molecule has 0 saturated carbocycles. The third-order valence-corrected chi connectivity index (χ3v) is 2.81. The standard InChI is InChI=1S/C11H20N2O/c1-4-5-8(2)11(14)13-6-9(3)10(12)7-13/h5,9-10H,4,6-7,12H2,1-3H3/b8-5-. The van der Waals surface area contributed by atoms with Gasteiger partial charge in [-0.2, -0.15) is 0 Å². The fraction of sp³-hybridized carbons (Fsp3) is 0.727. The van der Waals surface area contributed by atoms with Crippen LogP contribution in [0.15, 0.2) is 11.6 Å². The zero-order valence-corrected chi connectivity index (χ0v) is 9.29. The van der Waals surface area contributed by atoms with Gasteiger partial charge in [0.1, 0.15) is 0 Å². The van der Waals surface area contributed by atoms with Crippen molar-refractivity contribution < 1.29 is 4.79 Å². The summed E-state index contributed by atoms with van der Waals surface area (Å²) in [7, 11) is 0. The summed E-state index contributed by atoms with van der Waals surface area (Å²) in [6.45, 7) is 7.51. The van der Waals surface area contributed by atoms with E-state index in [9.17, 15) is 4.79 Å². The molecule has 1 rings (SSSR count). The van der Waals surface area contributed by atoms with Crippen LogP contribution in [0.2, 0.25) is 0 Å². The first-order valence-corrected chi connectivity index (χ1v) is 5.27. The van der Waals surface area contributed by atoms with Crippen molar-refractivity contribution in [2.75, 3.05) is 13.1 Å². The lowest BCUT2D eigenvalue weighted by Gasteiger charge is -2.15. The normalized spacial score (nSPS) is 28.3. The SMILES string of the molecule is CC/C=C(/C)C(=O)N1CC(C)C(N)C1. The first-order chi connectivity index (χ1) is 6.56. The Morgan fingerprint density at radius 2 is 2.21 bits per heavy atom. The molecule has 0 aromatic rings. The summed E-state index contributed by atoms with van der Waals surface area (Å²) in [6, 6.07) is 0.147. The average molecular weight is 196 g/mol. The van der Waals surface area contributed by atoms with Crippen molar-refractivity contribution in [1.82, 2.24) is 4.90 Å². The van der Waals surface area contributed by atoms with Crippen molar-refractivity contribution in [1.29, 1.82) is 0 Å². The third kappa shape index (κ3) is 2.35. The molecule has 3 nitrogen and oxygen atoms in total. The van der Waals surface area contributed by atoms with Gasteiger partial charge in [-0.05, 0) is 19.3 Å². The summed E-state index contributed by atoms with van der Waals surface area (Å²) in [5, 5.41) is 0. The van der Waals surface area contributed by atoms with Gasteiger partial charge in [-0.3, -0.25) is 4.79 Å². The van der Waals surface area contributed by atoms with Gasteiger partial charge in [-0.15, -0.1) is 0 Å². The number of allylic oxidation sites excluding steroid dienone is 1. The summed E-state index contributed by atoms with van der Waals surface area (Å²) < 4.78 is 0. The first kappa shape index (κ1) is 11.2. The van der Waals surface area contributed by atoms with E-state index in [1.807, 2.05) is 24.8 Å². The van der Waals surface area contributed by atoms with Crippen molar-refractivity contribution in [2.45, 2.75) is 33.2 Å². The molecular formula is C11H20N2O. The van der Waals surface area contributed by atoms with Crippen LogP contribution in [0.3, 0.4) is 0 Å². The van der Waals surface area contributed by atoms with Gasteiger partial charge >= 0.3 is 0 Å². The van der Waals surface area contributed by atoms with Gasteiger partial charge < -0.3 is 10.6 Å². The molecule has 0 radical (unpaired) electrons. The summed E-state index contributed by atoms with van der Waals surface area (Å²) in [6.07, 6.45) is 2.88. The minimum absolute atomic E-state index is 0.145. The minimum Gasteiger partial charge on any atom is -0.337 e. The molecule has 1 aliphatic rings. The van der Waals surface area contributed by atoms with Gasteiger partial charge in [0.05, 0.1) is 0 Å². The number of nitrogens with zero attached hydrogens (tertiary/aromatic N) is 1. The van der Waals surface area contributed by atoms with E-state index in [-0.39, 0.29) is 11.9 Å². The van der Waals surface area contributed by atoms with Crippen LogP contribution in [0.4, 0.5) is 0 Å². The fourth-order valence-corrected chi connectivity index (χ4v) is 1.80. The predicted octanol–water partition coefficient (Wildman–Crippen LogP) is 1.15. The van der Waals surface area contributed by atoms with Crippen molar-refractivity contribution >= 4 is 5.91 Å². The second-order valence-corrected chi connectivity index (χ2v) is 4.15. The van der Waals surface area contributed by atoms with E-state index in [1.165, 1.54) is 0 Å². The number of hydrogen-bond acceptors (Lipinski definition) is 2. The van der Waals surface area contributed by atoms with E-state index >= 15 is 0 Å². The largest absolute Gasteiger partial charge is 0.337 e. The van der Waals surface area contributed by atoms with Crippen LogP contribution >= 0.6 is 0 Å². The van der Waals surface area contributed by atoms with E-state index < -0.39 is 0 Å². The molecule has 0 bridgehead atoms. The summed E-state index contributed by atoms with van der Waals surface area (Å²) in [5.41, 5.74) is 6.71. The first-order valence-electron chi connectivity index (χ1n) is 5.27. The lowest BCUT2D eigenvalue weighted by molar-refractivity contribution is -0.126. The highest BCUT2D eigenvalue weighted by atomic mass is 16.2. The number of likely N-dealkylation sites (tertiary alicyclic amines) is 1. The highest BCUT2D eigenvalue weighted by molar-refractivity contribution is 5.93. The fourth-order valence-electron chi connectivity index (χ4n) is 1.80. The molecule has 1 aliphatic heterocycles. The van der Waals surface area contributed by atoms with E-state index in [0.29, 0.717) is 12.5 Å².